The number of carbonyl (C=O) groups is 3. The molecule has 3 aliphatic rings. The summed E-state index contributed by atoms with van der Waals surface area (Å²) in [6, 6.07) is 1.15. The second kappa shape index (κ2) is 5.37. The number of aryl methyl sites for hydroxylation is 1. The maximum Gasteiger partial charge on any atom is 0.384 e. The molecule has 0 amide bonds. The van der Waals surface area contributed by atoms with Crippen molar-refractivity contribution in [3.8, 4) is 5.75 Å². The Balaban J connectivity index is 2.20. The van der Waals surface area contributed by atoms with Gasteiger partial charge < -0.3 is 29.5 Å². The first-order chi connectivity index (χ1) is 13.3. The highest BCUT2D eigenvalue weighted by Gasteiger charge is 2.68. The molecule has 4 rings (SSSR count). The van der Waals surface area contributed by atoms with Crippen molar-refractivity contribution in [2.45, 2.75) is 45.2 Å². The molecule has 0 aromatic heterocycles. The maximum atomic E-state index is 13.5. The van der Waals surface area contributed by atoms with Gasteiger partial charge in [0.15, 0.2) is 11.4 Å². The van der Waals surface area contributed by atoms with E-state index in [1.165, 1.54) is 6.92 Å². The van der Waals surface area contributed by atoms with Crippen LogP contribution in [0, 0.1) is 12.3 Å². The van der Waals surface area contributed by atoms with Gasteiger partial charge in [-0.1, -0.05) is 13.8 Å². The fourth-order valence-electron chi connectivity index (χ4n) is 4.32. The molecule has 1 aliphatic carbocycles. The number of rotatable bonds is 1. The lowest BCUT2D eigenvalue weighted by molar-refractivity contribution is -0.228. The minimum Gasteiger partial charge on any atom is -0.507 e. The lowest BCUT2D eigenvalue weighted by Crippen LogP contribution is -2.55. The number of ether oxygens (including phenoxy) is 3. The number of methoxy groups -OCH3 is 1. The molecule has 0 saturated carbocycles. The minimum absolute atomic E-state index is 0.108. The summed E-state index contributed by atoms with van der Waals surface area (Å²) in [5.41, 5.74) is -4.18. The Labute approximate surface area is 165 Å². The van der Waals surface area contributed by atoms with E-state index in [1.54, 1.807) is 20.8 Å². The maximum absolute atomic E-state index is 13.5. The number of benzene rings is 1. The van der Waals surface area contributed by atoms with Crippen LogP contribution < -0.4 is 0 Å². The van der Waals surface area contributed by atoms with Crippen molar-refractivity contribution in [3.63, 3.8) is 0 Å². The van der Waals surface area contributed by atoms with Gasteiger partial charge in [-0.15, -0.1) is 0 Å². The summed E-state index contributed by atoms with van der Waals surface area (Å²) in [5, 5.41) is 32.8. The lowest BCUT2D eigenvalue weighted by atomic mass is 9.63. The smallest absolute Gasteiger partial charge is 0.384 e. The molecule has 0 bridgehead atoms. The molecule has 2 aliphatic heterocycles. The zero-order valence-corrected chi connectivity index (χ0v) is 16.4. The molecule has 2 heterocycles. The van der Waals surface area contributed by atoms with Gasteiger partial charge in [-0.3, -0.25) is 4.79 Å². The molecule has 9 nitrogen and oxygen atoms in total. The average Bonchev–Trinajstić information content (AvgIpc) is 2.81. The zero-order valence-electron chi connectivity index (χ0n) is 16.4. The number of aromatic hydroxyl groups is 1. The van der Waals surface area contributed by atoms with Gasteiger partial charge in [0.1, 0.15) is 17.4 Å². The molecule has 9 heteroatoms. The van der Waals surface area contributed by atoms with Gasteiger partial charge in [0.05, 0.1) is 12.7 Å². The van der Waals surface area contributed by atoms with Crippen molar-refractivity contribution in [3.05, 3.63) is 34.1 Å². The molecular weight excluding hydrogens is 384 g/mol. The molecule has 29 heavy (non-hydrogen) atoms. The number of phenols is 1. The number of esters is 2. The van der Waals surface area contributed by atoms with Crippen molar-refractivity contribution in [2.75, 3.05) is 7.11 Å². The van der Waals surface area contributed by atoms with Crippen LogP contribution >= 0.6 is 0 Å². The number of fused-ring (bicyclic) bond motifs is 1. The highest BCUT2D eigenvalue weighted by atomic mass is 16.7. The van der Waals surface area contributed by atoms with Crippen LogP contribution in [0.1, 0.15) is 47.8 Å². The van der Waals surface area contributed by atoms with E-state index in [1.807, 2.05) is 0 Å². The third-order valence-corrected chi connectivity index (χ3v) is 6.35. The summed E-state index contributed by atoms with van der Waals surface area (Å²) in [6.45, 7) is 6.40. The van der Waals surface area contributed by atoms with Gasteiger partial charge in [0, 0.05) is 16.5 Å². The van der Waals surface area contributed by atoms with Crippen LogP contribution in [0.25, 0.3) is 5.57 Å². The third kappa shape index (κ3) is 1.94. The Hall–Kier alpha value is -2.91. The topological polar surface area (TPSA) is 140 Å². The molecule has 1 saturated heterocycles. The summed E-state index contributed by atoms with van der Waals surface area (Å²) in [4.78, 5) is 38.7. The summed E-state index contributed by atoms with van der Waals surface area (Å²) in [6.07, 6.45) is -0.653. The van der Waals surface area contributed by atoms with Crippen molar-refractivity contribution in [2.24, 2.45) is 5.41 Å². The fraction of sp³-hybridized carbons (Fsp3) is 0.450. The number of aliphatic hydroxyl groups is 2. The first-order valence-corrected chi connectivity index (χ1v) is 8.94. The van der Waals surface area contributed by atoms with E-state index >= 15 is 0 Å². The van der Waals surface area contributed by atoms with Gasteiger partial charge >= 0.3 is 17.7 Å². The van der Waals surface area contributed by atoms with E-state index in [-0.39, 0.29) is 28.0 Å². The molecule has 1 fully saturated rings. The van der Waals surface area contributed by atoms with E-state index in [4.69, 9.17) is 9.47 Å². The summed E-state index contributed by atoms with van der Waals surface area (Å²) < 4.78 is 15.3. The highest BCUT2D eigenvalue weighted by molar-refractivity contribution is 6.28. The molecule has 154 valence electrons. The Kier molecular flexibility index (Phi) is 3.59. The van der Waals surface area contributed by atoms with Crippen molar-refractivity contribution in [1.29, 1.82) is 0 Å². The van der Waals surface area contributed by atoms with E-state index in [0.717, 1.165) is 13.2 Å². The third-order valence-electron chi connectivity index (χ3n) is 6.35. The van der Waals surface area contributed by atoms with Crippen LogP contribution in [-0.4, -0.2) is 51.9 Å². The second-order valence-corrected chi connectivity index (χ2v) is 8.09. The van der Waals surface area contributed by atoms with Crippen LogP contribution in [0.15, 0.2) is 11.8 Å². The molecule has 0 unspecified atom stereocenters. The lowest BCUT2D eigenvalue weighted by Gasteiger charge is -2.41. The van der Waals surface area contributed by atoms with Crippen LogP contribution in [0.5, 0.6) is 5.75 Å². The average molecular weight is 404 g/mol. The molecule has 1 aromatic carbocycles. The van der Waals surface area contributed by atoms with Gasteiger partial charge in [0.2, 0.25) is 5.78 Å². The van der Waals surface area contributed by atoms with Gasteiger partial charge in [0.25, 0.3) is 0 Å². The first-order valence-electron chi connectivity index (χ1n) is 8.94. The number of carbonyl (C=O) groups excluding carboxylic acids is 3. The van der Waals surface area contributed by atoms with Gasteiger partial charge in [-0.05, 0) is 25.5 Å². The molecule has 3 atom stereocenters. The van der Waals surface area contributed by atoms with Crippen molar-refractivity contribution < 1.29 is 43.9 Å². The second-order valence-electron chi connectivity index (χ2n) is 8.09. The summed E-state index contributed by atoms with van der Waals surface area (Å²) in [5.74, 6) is -7.18. The van der Waals surface area contributed by atoms with Gasteiger partial charge in [-0.25, -0.2) is 9.59 Å². The predicted molar refractivity (Wildman–Crippen MR) is 95.4 cm³/mol. The Morgan fingerprint density at radius 1 is 1.21 bits per heavy atom. The Bertz CT molecular complexity index is 1050. The molecule has 0 radical (unpaired) electrons. The standard InChI is InChI=1S/C20H20O9/c1-7-6-9(21)13-11-10(7)14(22)19(25)15(28-8(2)18(19,3)4)12(11)16(23)29-20(13,26)17(24)27-5/h6,8,21,25-26H,1-5H3/t8-,19+,20-/m1/s1. The van der Waals surface area contributed by atoms with E-state index in [0.29, 0.717) is 0 Å². The predicted octanol–water partition coefficient (Wildman–Crippen LogP) is 0.659. The van der Waals surface area contributed by atoms with E-state index in [9.17, 15) is 29.7 Å². The first kappa shape index (κ1) is 19.4. The minimum atomic E-state index is -2.97. The number of phenolic OH excluding ortho intramolecular Hbond substituents is 1. The summed E-state index contributed by atoms with van der Waals surface area (Å²) in [7, 11) is 0.966. The van der Waals surface area contributed by atoms with Crippen molar-refractivity contribution >= 4 is 23.3 Å². The quantitative estimate of drug-likeness (QED) is 0.576. The van der Waals surface area contributed by atoms with E-state index in [2.05, 4.69) is 4.74 Å². The van der Waals surface area contributed by atoms with Crippen LogP contribution in [0.2, 0.25) is 0 Å². The highest BCUT2D eigenvalue weighted by Crippen LogP contribution is 2.58. The largest absolute Gasteiger partial charge is 0.507 e. The number of hydrogen-bond acceptors (Lipinski definition) is 9. The fourth-order valence-corrected chi connectivity index (χ4v) is 4.32. The monoisotopic (exact) mass is 404 g/mol. The number of ketones is 1. The van der Waals surface area contributed by atoms with Crippen molar-refractivity contribution in [1.82, 2.24) is 0 Å². The molecular formula is C20H20O9. The zero-order chi connectivity index (χ0) is 21.7. The number of hydrogen-bond donors (Lipinski definition) is 3. The molecule has 1 aromatic rings. The summed E-state index contributed by atoms with van der Waals surface area (Å²) >= 11 is 0. The SMILES string of the molecule is COC(=O)[C@]1(O)OC(=O)C2=C3O[C@H](C)C(C)(C)[C@]3(O)C(=O)c3c(C)cc(O)c1c32. The normalized spacial score (nSPS) is 31.6. The van der Waals surface area contributed by atoms with Crippen LogP contribution in [0.4, 0.5) is 0 Å². The van der Waals surface area contributed by atoms with E-state index < -0.39 is 51.9 Å². The van der Waals surface area contributed by atoms with Gasteiger partial charge in [-0.2, -0.15) is 0 Å². The number of Topliss-reactive ketones (excluding diaryl/α,β-unsaturated/α-hetero) is 1. The Morgan fingerprint density at radius 2 is 1.83 bits per heavy atom. The van der Waals surface area contributed by atoms with Crippen LogP contribution in [0.3, 0.4) is 0 Å². The molecule has 3 N–H and O–H groups in total. The van der Waals surface area contributed by atoms with Crippen LogP contribution in [-0.2, 0) is 29.6 Å². The number of cyclic esters (lactones) is 1. The Morgan fingerprint density at radius 3 is 2.41 bits per heavy atom. The molecule has 0 spiro atoms.